The van der Waals surface area contributed by atoms with Crippen molar-refractivity contribution in [3.8, 4) is 35.4 Å². The van der Waals surface area contributed by atoms with E-state index in [9.17, 15) is 9.50 Å². The van der Waals surface area contributed by atoms with E-state index in [1.54, 1.807) is 24.4 Å². The summed E-state index contributed by atoms with van der Waals surface area (Å²) in [6.07, 6.45) is 13.0. The highest BCUT2D eigenvalue weighted by Gasteiger charge is 2.49. The van der Waals surface area contributed by atoms with Crippen molar-refractivity contribution in [3.63, 3.8) is 0 Å². The van der Waals surface area contributed by atoms with Gasteiger partial charge in [-0.2, -0.15) is 9.97 Å². The van der Waals surface area contributed by atoms with Crippen LogP contribution in [0.5, 0.6) is 11.8 Å². The van der Waals surface area contributed by atoms with Crippen molar-refractivity contribution in [2.75, 3.05) is 37.7 Å². The molecule has 10 heteroatoms. The minimum Gasteiger partial charge on any atom is -0.508 e. The Balaban J connectivity index is 1.27. The maximum atomic E-state index is 16.7. The van der Waals surface area contributed by atoms with Crippen molar-refractivity contribution in [2.24, 2.45) is 0 Å². The zero-order chi connectivity index (χ0) is 29.3. The van der Waals surface area contributed by atoms with Gasteiger partial charge in [0.25, 0.3) is 0 Å². The van der Waals surface area contributed by atoms with E-state index >= 15 is 4.39 Å². The minimum atomic E-state index is -0.892. The van der Waals surface area contributed by atoms with Gasteiger partial charge in [-0.05, 0) is 43.0 Å². The lowest BCUT2D eigenvalue weighted by Gasteiger charge is -2.34. The summed E-state index contributed by atoms with van der Waals surface area (Å²) in [6.45, 7) is 2.77. The third-order valence-electron chi connectivity index (χ3n) is 9.38. The van der Waals surface area contributed by atoms with Crippen molar-refractivity contribution in [1.82, 2.24) is 25.2 Å². The molecule has 6 heterocycles. The van der Waals surface area contributed by atoms with E-state index in [1.165, 1.54) is 6.07 Å². The largest absolute Gasteiger partial charge is 0.508 e. The Hall–Kier alpha value is -4.33. The third kappa shape index (κ3) is 4.29. The third-order valence-corrected chi connectivity index (χ3v) is 9.38. The Labute approximate surface area is 247 Å². The van der Waals surface area contributed by atoms with Gasteiger partial charge in [0.2, 0.25) is 0 Å². The molecule has 0 spiro atoms. The summed E-state index contributed by atoms with van der Waals surface area (Å²) in [5.74, 6) is 2.52. The molecule has 2 unspecified atom stereocenters. The lowest BCUT2D eigenvalue weighted by molar-refractivity contribution is 0.107. The zero-order valence-electron chi connectivity index (χ0n) is 23.4. The van der Waals surface area contributed by atoms with Gasteiger partial charge in [0.05, 0.1) is 10.9 Å². The Morgan fingerprint density at radius 3 is 2.81 bits per heavy atom. The molecule has 3 saturated heterocycles. The fraction of sp³-hybridized carbons (Fsp3) is 0.364. The summed E-state index contributed by atoms with van der Waals surface area (Å²) in [4.78, 5) is 18.2. The first-order valence-electron chi connectivity index (χ1n) is 14.7. The van der Waals surface area contributed by atoms with Gasteiger partial charge in [0, 0.05) is 60.8 Å². The topological polar surface area (TPSA) is 86.6 Å². The van der Waals surface area contributed by atoms with Gasteiger partial charge in [-0.1, -0.05) is 30.2 Å². The smallest absolute Gasteiger partial charge is 0.319 e. The first-order chi connectivity index (χ1) is 20.9. The Morgan fingerprint density at radius 1 is 1.16 bits per heavy atom. The number of piperazine rings is 1. The van der Waals surface area contributed by atoms with E-state index in [2.05, 4.69) is 43.2 Å². The summed E-state index contributed by atoms with van der Waals surface area (Å²) < 4.78 is 37.4. The fourth-order valence-corrected chi connectivity index (χ4v) is 7.49. The number of fused-ring (bicyclic) bond motifs is 5. The highest BCUT2D eigenvalue weighted by molar-refractivity contribution is 6.02. The number of ether oxygens (including phenoxy) is 1. The second-order valence-electron chi connectivity index (χ2n) is 12.1. The van der Waals surface area contributed by atoms with Crippen LogP contribution in [0.25, 0.3) is 32.9 Å². The minimum absolute atomic E-state index is 0.0189. The van der Waals surface area contributed by atoms with Crippen molar-refractivity contribution in [2.45, 2.75) is 43.1 Å². The molecule has 4 atom stereocenters. The summed E-state index contributed by atoms with van der Waals surface area (Å²) in [5, 5.41) is 15.8. The molecule has 2 aromatic heterocycles. The number of aromatic nitrogens is 3. The highest BCUT2D eigenvalue weighted by atomic mass is 19.1. The maximum Gasteiger partial charge on any atom is 0.319 e. The molecular weight excluding hydrogens is 550 g/mol. The summed E-state index contributed by atoms with van der Waals surface area (Å²) >= 11 is 0. The molecule has 0 amide bonds. The molecular formula is C33H30F2N6O2. The molecule has 0 saturated carbocycles. The van der Waals surface area contributed by atoms with Gasteiger partial charge in [-0.3, -0.25) is 9.88 Å². The second-order valence-corrected chi connectivity index (χ2v) is 12.1. The number of hydrogen-bond donors (Lipinski definition) is 2. The molecule has 8 rings (SSSR count). The predicted octanol–water partition coefficient (Wildman–Crippen LogP) is 4.34. The van der Waals surface area contributed by atoms with E-state index in [1.807, 2.05) is 6.07 Å². The number of nitrogens with zero attached hydrogens (tertiary/aromatic N) is 5. The van der Waals surface area contributed by atoms with Crippen molar-refractivity contribution >= 4 is 27.5 Å². The van der Waals surface area contributed by atoms with Gasteiger partial charge in [-0.15, -0.1) is 6.42 Å². The van der Waals surface area contributed by atoms with E-state index in [-0.39, 0.29) is 41.7 Å². The van der Waals surface area contributed by atoms with Crippen LogP contribution < -0.4 is 15.0 Å². The number of terminal acetylenes is 1. The van der Waals surface area contributed by atoms with E-state index in [0.717, 1.165) is 19.4 Å². The second kappa shape index (κ2) is 9.86. The molecule has 43 heavy (non-hydrogen) atoms. The Kier molecular flexibility index (Phi) is 6.03. The summed E-state index contributed by atoms with van der Waals surface area (Å²) in [7, 11) is 0. The van der Waals surface area contributed by atoms with Gasteiger partial charge in [-0.25, -0.2) is 8.78 Å². The van der Waals surface area contributed by atoms with Crippen molar-refractivity contribution < 1.29 is 18.6 Å². The van der Waals surface area contributed by atoms with E-state index in [4.69, 9.17) is 16.1 Å². The molecule has 2 N–H and O–H groups in total. The van der Waals surface area contributed by atoms with Gasteiger partial charge in [0.1, 0.15) is 35.6 Å². The molecule has 4 aliphatic heterocycles. The van der Waals surface area contributed by atoms with Crippen LogP contribution >= 0.6 is 0 Å². The van der Waals surface area contributed by atoms with Gasteiger partial charge < -0.3 is 20.1 Å². The number of pyridine rings is 1. The number of aromatic hydroxyl groups is 1. The first-order valence-corrected chi connectivity index (χ1v) is 14.7. The van der Waals surface area contributed by atoms with Crippen LogP contribution in [0.3, 0.4) is 0 Å². The quantitative estimate of drug-likeness (QED) is 0.266. The highest BCUT2D eigenvalue weighted by Crippen LogP contribution is 2.41. The van der Waals surface area contributed by atoms with Crippen LogP contribution in [-0.2, 0) is 0 Å². The zero-order valence-corrected chi connectivity index (χ0v) is 23.4. The molecule has 0 radical (unpaired) electrons. The number of rotatable bonds is 5. The van der Waals surface area contributed by atoms with Crippen molar-refractivity contribution in [3.05, 3.63) is 60.1 Å². The number of hydrogen-bond acceptors (Lipinski definition) is 8. The lowest BCUT2D eigenvalue weighted by atomic mass is 9.95. The van der Waals surface area contributed by atoms with Crippen molar-refractivity contribution in [1.29, 1.82) is 0 Å². The number of nitrogens with one attached hydrogen (secondary N) is 1. The van der Waals surface area contributed by atoms with Crippen LogP contribution in [0.4, 0.5) is 14.6 Å². The molecule has 218 valence electrons. The van der Waals surface area contributed by atoms with Crippen LogP contribution in [0.1, 0.15) is 24.8 Å². The average molecular weight is 581 g/mol. The molecule has 4 aromatic rings. The molecule has 8 nitrogen and oxygen atoms in total. The number of benzene rings is 2. The summed E-state index contributed by atoms with van der Waals surface area (Å²) in [5.41, 5.74) is 0.618. The van der Waals surface area contributed by atoms with Crippen LogP contribution in [0.2, 0.25) is 0 Å². The standard InChI is InChI=1S/C33H30F2N6O2/c1-2-19-5-3-6-20-11-24(42)12-25(27(19)20)29-28(35)30-26(14-36-29)31(40-16-22-7-8-23(17-40)37-22)39-32(38-30)43-18-33-9-4-10-41(33)15-21(34)13-33/h1,3,5-8,11-12,14,21-23,37,42H,4,9-10,13,15-18H2/t21-,22?,23?,33+/m1/s1. The van der Waals surface area contributed by atoms with Crippen LogP contribution in [0.15, 0.2) is 48.7 Å². The average Bonchev–Trinajstić information content (AvgIpc) is 3.65. The number of phenolic OH excluding ortho intramolecular Hbond substituents is 1. The van der Waals surface area contributed by atoms with Gasteiger partial charge in [0.15, 0.2) is 5.82 Å². The molecule has 0 aliphatic carbocycles. The van der Waals surface area contributed by atoms with E-state index in [0.29, 0.717) is 59.2 Å². The molecule has 4 aliphatic rings. The number of anilines is 1. The van der Waals surface area contributed by atoms with Crippen LogP contribution in [-0.4, -0.2) is 81.5 Å². The first kappa shape index (κ1) is 26.3. The van der Waals surface area contributed by atoms with E-state index < -0.39 is 17.5 Å². The SMILES string of the molecule is C#Cc1cccc2cc(O)cc(-c3ncc4c(N5CC6C=CC(C5)N6)nc(OC[C@@]56CCCN5C[C@H](F)C6)nc4c3F)c12. The Bertz CT molecular complexity index is 1840. The number of alkyl halides is 1. The predicted molar refractivity (Wildman–Crippen MR) is 160 cm³/mol. The molecule has 2 bridgehead atoms. The lowest BCUT2D eigenvalue weighted by Crippen LogP contribution is -2.52. The normalized spacial score (nSPS) is 26.3. The monoisotopic (exact) mass is 580 g/mol. The molecule has 3 fully saturated rings. The summed E-state index contributed by atoms with van der Waals surface area (Å²) in [6, 6.07) is 8.80. The Morgan fingerprint density at radius 2 is 2.00 bits per heavy atom. The molecule has 2 aromatic carbocycles. The fourth-order valence-electron chi connectivity index (χ4n) is 7.49. The number of phenols is 1. The number of halogens is 2. The van der Waals surface area contributed by atoms with Crippen LogP contribution in [0, 0.1) is 18.2 Å². The maximum absolute atomic E-state index is 16.7. The van der Waals surface area contributed by atoms with Gasteiger partial charge >= 0.3 is 6.01 Å².